The van der Waals surface area contributed by atoms with E-state index in [4.69, 9.17) is 4.74 Å². The van der Waals surface area contributed by atoms with Crippen molar-refractivity contribution < 1.29 is 14.6 Å². The van der Waals surface area contributed by atoms with Gasteiger partial charge in [-0.3, -0.25) is 9.69 Å². The van der Waals surface area contributed by atoms with Crippen molar-refractivity contribution in [1.82, 2.24) is 4.90 Å². The molecule has 0 spiro atoms. The standard InChI is InChI=1S/C17H29NO3/c1-21-14-7-4-6-13(11-14)18-15-8-3-2-5-12(15)9-10-16(18)17(19)20/h12-16H,2-11H2,1H3,(H,19,20). The lowest BCUT2D eigenvalue weighted by atomic mass is 9.74. The highest BCUT2D eigenvalue weighted by atomic mass is 16.5. The first kappa shape index (κ1) is 15.3. The van der Waals surface area contributed by atoms with E-state index in [1.165, 1.54) is 32.1 Å². The minimum atomic E-state index is -0.612. The number of piperidine rings is 1. The highest BCUT2D eigenvalue weighted by Gasteiger charge is 2.45. The Morgan fingerprint density at radius 1 is 1.05 bits per heavy atom. The molecule has 1 N–H and O–H groups in total. The molecule has 0 aromatic carbocycles. The molecule has 5 atom stereocenters. The van der Waals surface area contributed by atoms with E-state index < -0.39 is 5.97 Å². The zero-order valence-electron chi connectivity index (χ0n) is 13.2. The van der Waals surface area contributed by atoms with E-state index in [2.05, 4.69) is 4.90 Å². The van der Waals surface area contributed by atoms with Crippen molar-refractivity contribution >= 4 is 5.97 Å². The fourth-order valence-corrected chi connectivity index (χ4v) is 5.05. The molecule has 3 fully saturated rings. The van der Waals surface area contributed by atoms with Crippen LogP contribution in [0.3, 0.4) is 0 Å². The van der Waals surface area contributed by atoms with Crippen LogP contribution in [0.25, 0.3) is 0 Å². The summed E-state index contributed by atoms with van der Waals surface area (Å²) >= 11 is 0. The molecular weight excluding hydrogens is 266 g/mol. The normalized spacial score (nSPS) is 41.5. The number of hydrogen-bond donors (Lipinski definition) is 1. The Labute approximate surface area is 127 Å². The second kappa shape index (κ2) is 6.66. The lowest BCUT2D eigenvalue weighted by molar-refractivity contribution is -0.152. The first-order valence-corrected chi connectivity index (χ1v) is 8.73. The first-order chi connectivity index (χ1) is 10.2. The number of carboxylic acids is 1. The van der Waals surface area contributed by atoms with E-state index in [0.29, 0.717) is 18.2 Å². The molecule has 21 heavy (non-hydrogen) atoms. The van der Waals surface area contributed by atoms with Gasteiger partial charge in [-0.25, -0.2) is 0 Å². The molecule has 0 aromatic heterocycles. The number of fused-ring (bicyclic) bond motifs is 1. The first-order valence-electron chi connectivity index (χ1n) is 8.73. The molecule has 120 valence electrons. The van der Waals surface area contributed by atoms with E-state index in [-0.39, 0.29) is 6.04 Å². The van der Waals surface area contributed by atoms with Crippen molar-refractivity contribution in [3.63, 3.8) is 0 Å². The fraction of sp³-hybridized carbons (Fsp3) is 0.941. The number of rotatable bonds is 3. The Morgan fingerprint density at radius 2 is 1.86 bits per heavy atom. The summed E-state index contributed by atoms with van der Waals surface area (Å²) in [5.74, 6) is 0.121. The zero-order chi connectivity index (χ0) is 14.8. The van der Waals surface area contributed by atoms with Crippen LogP contribution in [0, 0.1) is 5.92 Å². The third-order valence-electron chi connectivity index (χ3n) is 6.06. The molecule has 3 rings (SSSR count). The summed E-state index contributed by atoms with van der Waals surface area (Å²) in [6, 6.07) is 0.662. The molecule has 2 saturated carbocycles. The average molecular weight is 295 g/mol. The Morgan fingerprint density at radius 3 is 2.62 bits per heavy atom. The van der Waals surface area contributed by atoms with E-state index >= 15 is 0 Å². The number of carbonyl (C=O) groups is 1. The van der Waals surface area contributed by atoms with Crippen LogP contribution in [0.2, 0.25) is 0 Å². The van der Waals surface area contributed by atoms with Crippen LogP contribution in [0.4, 0.5) is 0 Å². The molecule has 3 aliphatic rings. The van der Waals surface area contributed by atoms with Gasteiger partial charge in [-0.05, 0) is 57.3 Å². The van der Waals surface area contributed by atoms with Crippen molar-refractivity contribution in [3.05, 3.63) is 0 Å². The van der Waals surface area contributed by atoms with E-state index in [1.807, 2.05) is 0 Å². The van der Waals surface area contributed by atoms with Gasteiger partial charge in [0.05, 0.1) is 6.10 Å². The minimum absolute atomic E-state index is 0.259. The third-order valence-corrected chi connectivity index (χ3v) is 6.06. The molecule has 2 aliphatic carbocycles. The molecule has 1 heterocycles. The second-order valence-electron chi connectivity index (χ2n) is 7.17. The highest BCUT2D eigenvalue weighted by molar-refractivity contribution is 5.73. The molecule has 0 aromatic rings. The molecule has 1 saturated heterocycles. The third kappa shape index (κ3) is 3.11. The molecule has 0 amide bonds. The number of ether oxygens (including phenoxy) is 1. The molecular formula is C17H29NO3. The SMILES string of the molecule is COC1CCCC(N2C(C(=O)O)CCC3CCCCC32)C1. The second-order valence-corrected chi connectivity index (χ2v) is 7.17. The van der Waals surface area contributed by atoms with Crippen LogP contribution in [0.15, 0.2) is 0 Å². The van der Waals surface area contributed by atoms with Crippen LogP contribution < -0.4 is 0 Å². The summed E-state index contributed by atoms with van der Waals surface area (Å²) in [4.78, 5) is 14.2. The van der Waals surface area contributed by atoms with Crippen LogP contribution in [0.1, 0.15) is 64.2 Å². The van der Waals surface area contributed by atoms with Gasteiger partial charge >= 0.3 is 5.97 Å². The molecule has 5 unspecified atom stereocenters. The summed E-state index contributed by atoms with van der Waals surface area (Å²) in [6.07, 6.45) is 11.8. The Balaban J connectivity index is 1.80. The van der Waals surface area contributed by atoms with Crippen LogP contribution in [-0.2, 0) is 9.53 Å². The predicted octanol–water partition coefficient (Wildman–Crippen LogP) is 3.05. The van der Waals surface area contributed by atoms with Crippen molar-refractivity contribution in [2.24, 2.45) is 5.92 Å². The molecule has 0 bridgehead atoms. The number of likely N-dealkylation sites (tertiary alicyclic amines) is 1. The summed E-state index contributed by atoms with van der Waals surface area (Å²) < 4.78 is 5.57. The number of hydrogen-bond acceptors (Lipinski definition) is 3. The quantitative estimate of drug-likeness (QED) is 0.869. The summed E-state index contributed by atoms with van der Waals surface area (Å²) in [5, 5.41) is 9.68. The topological polar surface area (TPSA) is 49.8 Å². The number of nitrogens with zero attached hydrogens (tertiary/aromatic N) is 1. The highest BCUT2D eigenvalue weighted by Crippen LogP contribution is 2.41. The van der Waals surface area contributed by atoms with E-state index in [9.17, 15) is 9.90 Å². The van der Waals surface area contributed by atoms with Crippen molar-refractivity contribution in [2.45, 2.75) is 88.4 Å². The Bertz CT molecular complexity index is 373. The van der Waals surface area contributed by atoms with Crippen LogP contribution in [-0.4, -0.2) is 47.3 Å². The maximum Gasteiger partial charge on any atom is 0.320 e. The number of carboxylic acid groups (broad SMARTS) is 1. The van der Waals surface area contributed by atoms with Gasteiger partial charge in [-0.2, -0.15) is 0 Å². The van der Waals surface area contributed by atoms with Crippen LogP contribution >= 0.6 is 0 Å². The van der Waals surface area contributed by atoms with Gasteiger partial charge in [0.2, 0.25) is 0 Å². The van der Waals surface area contributed by atoms with Crippen molar-refractivity contribution in [1.29, 1.82) is 0 Å². The smallest absolute Gasteiger partial charge is 0.320 e. The summed E-state index contributed by atoms with van der Waals surface area (Å²) in [7, 11) is 1.79. The maximum atomic E-state index is 11.8. The molecule has 1 aliphatic heterocycles. The Hall–Kier alpha value is -0.610. The van der Waals surface area contributed by atoms with Gasteiger partial charge in [0.1, 0.15) is 6.04 Å². The van der Waals surface area contributed by atoms with Gasteiger partial charge < -0.3 is 9.84 Å². The monoisotopic (exact) mass is 295 g/mol. The van der Waals surface area contributed by atoms with Gasteiger partial charge in [-0.15, -0.1) is 0 Å². The largest absolute Gasteiger partial charge is 0.480 e. The fourth-order valence-electron chi connectivity index (χ4n) is 5.05. The van der Waals surface area contributed by atoms with Gasteiger partial charge in [0, 0.05) is 19.2 Å². The Kier molecular flexibility index (Phi) is 4.85. The molecule has 0 radical (unpaired) electrons. The lowest BCUT2D eigenvalue weighted by Gasteiger charge is -2.52. The summed E-state index contributed by atoms with van der Waals surface area (Å²) in [5.41, 5.74) is 0. The average Bonchev–Trinajstić information content (AvgIpc) is 2.53. The van der Waals surface area contributed by atoms with Gasteiger partial charge in [0.25, 0.3) is 0 Å². The van der Waals surface area contributed by atoms with Crippen LogP contribution in [0.5, 0.6) is 0 Å². The van der Waals surface area contributed by atoms with E-state index in [1.54, 1.807) is 7.11 Å². The van der Waals surface area contributed by atoms with Gasteiger partial charge in [-0.1, -0.05) is 12.8 Å². The van der Waals surface area contributed by atoms with Crippen molar-refractivity contribution in [2.75, 3.05) is 7.11 Å². The summed E-state index contributed by atoms with van der Waals surface area (Å²) in [6.45, 7) is 0. The van der Waals surface area contributed by atoms with Gasteiger partial charge in [0.15, 0.2) is 0 Å². The minimum Gasteiger partial charge on any atom is -0.480 e. The molecule has 4 nitrogen and oxygen atoms in total. The maximum absolute atomic E-state index is 11.8. The van der Waals surface area contributed by atoms with Crippen molar-refractivity contribution in [3.8, 4) is 0 Å². The van der Waals surface area contributed by atoms with E-state index in [0.717, 1.165) is 38.0 Å². The predicted molar refractivity (Wildman–Crippen MR) is 81.3 cm³/mol. The molecule has 4 heteroatoms. The lowest BCUT2D eigenvalue weighted by Crippen LogP contribution is -2.60. The number of methoxy groups -OCH3 is 1. The zero-order valence-corrected chi connectivity index (χ0v) is 13.2. The number of aliphatic carboxylic acids is 1.